The molecule has 0 amide bonds. The van der Waals surface area contributed by atoms with E-state index in [1.807, 2.05) is 0 Å². The second kappa shape index (κ2) is 9.06. The number of hydrogen-bond acceptors (Lipinski definition) is 2. The molecular formula is C15H10Al4I2N2-2. The summed E-state index contributed by atoms with van der Waals surface area (Å²) in [5.41, 5.74) is 1.43. The molecule has 0 aromatic heterocycles. The van der Waals surface area contributed by atoms with Gasteiger partial charge in [-0.05, 0) is 0 Å². The topological polar surface area (TPSA) is 6.48 Å². The van der Waals surface area contributed by atoms with Crippen LogP contribution in [0.3, 0.4) is 0 Å². The summed E-state index contributed by atoms with van der Waals surface area (Å²) in [5, 5.41) is 5.40. The molecule has 3 aromatic carbocycles. The van der Waals surface area contributed by atoms with E-state index in [4.69, 9.17) is 0 Å². The molecule has 0 atom stereocenters. The normalized spacial score (nSPS) is 12.1. The summed E-state index contributed by atoms with van der Waals surface area (Å²) in [5.74, 6) is 0. The van der Waals surface area contributed by atoms with Gasteiger partial charge in [0, 0.05) is 0 Å². The maximum absolute atomic E-state index is 2.73. The van der Waals surface area contributed by atoms with Gasteiger partial charge in [-0.3, -0.25) is 0 Å². The molecule has 23 heavy (non-hydrogen) atoms. The summed E-state index contributed by atoms with van der Waals surface area (Å²) in [6, 6.07) is 18.3. The average Bonchev–Trinajstić information content (AvgIpc) is 2.51. The molecular weight excluding hydrogens is 570 g/mol. The fourth-order valence-corrected chi connectivity index (χ4v) is 7.64. The molecule has 8 radical (unpaired) electrons. The first-order valence-electron chi connectivity index (χ1n) is 6.82. The molecule has 108 valence electrons. The first kappa shape index (κ1) is 19.5. The zero-order chi connectivity index (χ0) is 16.4. The second-order valence-corrected chi connectivity index (χ2v) is 18.0. The molecule has 0 fully saturated rings. The monoisotopic (exact) mass is 580 g/mol. The van der Waals surface area contributed by atoms with Crippen molar-refractivity contribution in [1.82, 2.24) is 2.16 Å². The summed E-state index contributed by atoms with van der Waals surface area (Å²) >= 11 is 10.8. The quantitative estimate of drug-likeness (QED) is 0.0991. The van der Waals surface area contributed by atoms with Crippen molar-refractivity contribution in [3.63, 3.8) is 0 Å². The van der Waals surface area contributed by atoms with E-state index < -0.39 is 0 Å². The number of alkyl halides is 1. The van der Waals surface area contributed by atoms with Gasteiger partial charge >= 0.3 is 195 Å². The third-order valence-electron chi connectivity index (χ3n) is 3.41. The first-order valence-corrected chi connectivity index (χ1v) is 13.4. The zero-order valence-corrected chi connectivity index (χ0v) is 21.2. The Morgan fingerprint density at radius 3 is 2.04 bits per heavy atom. The van der Waals surface area contributed by atoms with Gasteiger partial charge in [0.15, 0.2) is 0 Å². The number of hydrogen-bond donors (Lipinski definition) is 0. The predicted molar refractivity (Wildman–Crippen MR) is 90.5 cm³/mol. The summed E-state index contributed by atoms with van der Waals surface area (Å²) < 4.78 is 6.93. The summed E-state index contributed by atoms with van der Waals surface area (Å²) in [4.78, 5) is 0. The van der Waals surface area contributed by atoms with Crippen LogP contribution in [-0.4, -0.2) is 68.2 Å². The molecule has 0 saturated carbocycles. The average molecular weight is 580 g/mol. The molecule has 0 aliphatic rings. The van der Waals surface area contributed by atoms with E-state index >= 15 is 0 Å². The third kappa shape index (κ3) is 5.34. The van der Waals surface area contributed by atoms with E-state index in [-0.39, 0.29) is 43.0 Å². The van der Waals surface area contributed by atoms with Crippen molar-refractivity contribution in [2.45, 2.75) is 4.43 Å². The Kier molecular flexibility index (Phi) is 7.66. The van der Waals surface area contributed by atoms with Gasteiger partial charge in [-0.15, -0.1) is 0 Å². The summed E-state index contributed by atoms with van der Waals surface area (Å²) in [6.45, 7) is 0. The van der Waals surface area contributed by atoms with Gasteiger partial charge in [0.25, 0.3) is 0 Å². The molecule has 3 aromatic rings. The van der Waals surface area contributed by atoms with Gasteiger partial charge in [-0.2, -0.15) is 0 Å². The number of halogens is 2. The minimum atomic E-state index is -0.114. The van der Waals surface area contributed by atoms with Crippen LogP contribution >= 0.6 is 0 Å². The Morgan fingerprint density at radius 1 is 0.739 bits per heavy atom. The molecule has 0 bridgehead atoms. The van der Waals surface area contributed by atoms with E-state index in [1.165, 1.54) is 35.1 Å². The molecule has 0 aliphatic heterocycles. The van der Waals surface area contributed by atoms with Gasteiger partial charge in [0.05, 0.1) is 0 Å². The van der Waals surface area contributed by atoms with E-state index in [0.717, 1.165) is 0 Å². The number of benzene rings is 3. The van der Waals surface area contributed by atoms with E-state index in [2.05, 4.69) is 117 Å². The maximum atomic E-state index is 2.73. The predicted octanol–water partition coefficient (Wildman–Crippen LogP) is -4.39. The van der Waals surface area contributed by atoms with E-state index in [9.17, 15) is 0 Å². The van der Waals surface area contributed by atoms with Crippen molar-refractivity contribution in [1.29, 1.82) is 0 Å². The fraction of sp³-hybridized carbons (Fsp3) is 0.0667. The van der Waals surface area contributed by atoms with E-state index in [0.29, 0.717) is 0 Å². The van der Waals surface area contributed by atoms with Crippen LogP contribution in [-0.2, 0) is 4.43 Å². The minimum absolute atomic E-state index is 0.0357. The standard InChI is InChI=1S/C15H10I2N2.4Al/c18-16-9-10-1-5-14-11(7-10)2-3-12-8-13(17-19)4-6-15(12)14;;;;/h1-8H,9H2;;;;/q-2;;;;. The van der Waals surface area contributed by atoms with Crippen LogP contribution in [0.5, 0.6) is 0 Å². The molecule has 0 saturated heterocycles. The molecule has 0 aliphatic carbocycles. The van der Waals surface area contributed by atoms with Gasteiger partial charge in [0.2, 0.25) is 0 Å². The van der Waals surface area contributed by atoms with Gasteiger partial charge in [-0.1, -0.05) is 0 Å². The summed E-state index contributed by atoms with van der Waals surface area (Å²) in [6.07, 6.45) is 0. The van der Waals surface area contributed by atoms with Crippen molar-refractivity contribution < 1.29 is 43.0 Å². The van der Waals surface area contributed by atoms with Crippen molar-refractivity contribution in [2.24, 2.45) is 0 Å². The van der Waals surface area contributed by atoms with Crippen LogP contribution in [0.4, 0.5) is 0 Å². The number of rotatable bonds is 5. The van der Waals surface area contributed by atoms with Gasteiger partial charge in [-0.25, -0.2) is 0 Å². The van der Waals surface area contributed by atoms with E-state index in [1.54, 1.807) is 0 Å². The Morgan fingerprint density at radius 2 is 1.39 bits per heavy atom. The molecule has 0 spiro atoms. The zero-order valence-electron chi connectivity index (χ0n) is 12.3. The number of fused-ring (bicyclic) bond motifs is 3. The van der Waals surface area contributed by atoms with Crippen LogP contribution in [0.1, 0.15) is 5.56 Å². The van der Waals surface area contributed by atoms with Gasteiger partial charge < -0.3 is 0 Å². The van der Waals surface area contributed by atoms with Gasteiger partial charge in [0.1, 0.15) is 0 Å². The third-order valence-corrected chi connectivity index (χ3v) is 10.4. The SMILES string of the molecule is [Al][N]([Al])[I-]Cc1ccc2c(ccc3cc([I-][N]([Al])[Al])ccc32)c1. The van der Waals surface area contributed by atoms with Crippen LogP contribution in [0.25, 0.3) is 21.5 Å². The van der Waals surface area contributed by atoms with Crippen LogP contribution < -0.4 is 43.0 Å². The molecule has 2 nitrogen and oxygen atoms in total. The fourth-order valence-electron chi connectivity index (χ4n) is 2.48. The Bertz CT molecular complexity index is 842. The molecule has 3 rings (SSSR count). The van der Waals surface area contributed by atoms with Crippen molar-refractivity contribution in [2.75, 3.05) is 0 Å². The van der Waals surface area contributed by atoms with Crippen molar-refractivity contribution in [3.05, 3.63) is 57.7 Å². The van der Waals surface area contributed by atoms with Crippen molar-refractivity contribution in [3.8, 4) is 0 Å². The molecule has 8 heteroatoms. The van der Waals surface area contributed by atoms with Crippen LogP contribution in [0, 0.1) is 3.57 Å². The van der Waals surface area contributed by atoms with Crippen LogP contribution in [0.15, 0.2) is 48.5 Å². The molecule has 0 heterocycles. The van der Waals surface area contributed by atoms with Crippen molar-refractivity contribution >= 4 is 87.6 Å². The Balaban J connectivity index is 1.99. The molecule has 0 unspecified atom stereocenters. The first-order chi connectivity index (χ1) is 11.0. The number of nitrogens with zero attached hydrogens (tertiary/aromatic N) is 2. The van der Waals surface area contributed by atoms with Crippen LogP contribution in [0.2, 0.25) is 0 Å². The summed E-state index contributed by atoms with van der Waals surface area (Å²) in [7, 11) is 0. The Hall–Kier alpha value is 1.69. The molecule has 0 N–H and O–H groups in total. The Labute approximate surface area is 192 Å². The second-order valence-electron chi connectivity index (χ2n) is 5.01.